The van der Waals surface area contributed by atoms with Crippen molar-refractivity contribution >= 4 is 5.91 Å². The van der Waals surface area contributed by atoms with Gasteiger partial charge in [-0.15, -0.1) is 0 Å². The van der Waals surface area contributed by atoms with Crippen LogP contribution in [0.5, 0.6) is 11.5 Å². The van der Waals surface area contributed by atoms with Crippen molar-refractivity contribution in [1.29, 1.82) is 0 Å². The smallest absolute Gasteiger partial charge is 0.236 e. The summed E-state index contributed by atoms with van der Waals surface area (Å²) in [6, 6.07) is 3.96. The molecule has 1 aromatic carbocycles. The number of nitrogens with zero attached hydrogens (tertiary/aromatic N) is 2. The van der Waals surface area contributed by atoms with Crippen LogP contribution in [0, 0.1) is 6.92 Å². The molecule has 1 saturated heterocycles. The fraction of sp³-hybridized carbons (Fsp3) is 0.588. The monoisotopic (exact) mass is 321 g/mol. The van der Waals surface area contributed by atoms with Crippen LogP contribution in [-0.2, 0) is 11.3 Å². The average molecular weight is 321 g/mol. The number of aryl methyl sites for hydroxylation is 1. The molecule has 128 valence electrons. The molecule has 6 nitrogen and oxygen atoms in total. The molecule has 1 N–H and O–H groups in total. The second kappa shape index (κ2) is 8.17. The Bertz CT molecular complexity index is 542. The number of likely N-dealkylation sites (N-methyl/N-ethyl adjacent to an activating group) is 1. The minimum Gasteiger partial charge on any atom is -0.493 e. The van der Waals surface area contributed by atoms with Gasteiger partial charge in [0.25, 0.3) is 0 Å². The molecule has 0 radical (unpaired) electrons. The quantitative estimate of drug-likeness (QED) is 0.843. The average Bonchev–Trinajstić information content (AvgIpc) is 2.56. The Morgan fingerprint density at radius 3 is 2.43 bits per heavy atom. The highest BCUT2D eigenvalue weighted by molar-refractivity contribution is 5.78. The van der Waals surface area contributed by atoms with Gasteiger partial charge in [0.2, 0.25) is 5.91 Å². The summed E-state index contributed by atoms with van der Waals surface area (Å²) in [5.41, 5.74) is 2.27. The van der Waals surface area contributed by atoms with E-state index in [1.807, 2.05) is 35.9 Å². The van der Waals surface area contributed by atoms with Gasteiger partial charge in [0.1, 0.15) is 0 Å². The Morgan fingerprint density at radius 2 is 1.83 bits per heavy atom. The SMILES string of the molecule is COc1cc(C)c(CN(C)CC(=O)N2CCNCC2)cc1OC. The number of benzene rings is 1. The zero-order valence-electron chi connectivity index (χ0n) is 14.5. The van der Waals surface area contributed by atoms with Crippen LogP contribution in [0.1, 0.15) is 11.1 Å². The third kappa shape index (κ3) is 4.59. The van der Waals surface area contributed by atoms with Gasteiger partial charge in [-0.2, -0.15) is 0 Å². The molecule has 0 unspecified atom stereocenters. The predicted octanol–water partition coefficient (Wildman–Crippen LogP) is 0.876. The van der Waals surface area contributed by atoms with Crippen LogP contribution in [0.2, 0.25) is 0 Å². The van der Waals surface area contributed by atoms with E-state index in [2.05, 4.69) is 5.32 Å². The van der Waals surface area contributed by atoms with E-state index in [1.54, 1.807) is 14.2 Å². The minimum atomic E-state index is 0.187. The Hall–Kier alpha value is -1.79. The summed E-state index contributed by atoms with van der Waals surface area (Å²) in [5.74, 6) is 1.63. The molecule has 1 aromatic rings. The molecule has 1 heterocycles. The molecule has 0 saturated carbocycles. The number of piperazine rings is 1. The highest BCUT2D eigenvalue weighted by Gasteiger charge is 2.18. The van der Waals surface area contributed by atoms with Crippen molar-refractivity contribution in [3.8, 4) is 11.5 Å². The molecule has 1 amide bonds. The Balaban J connectivity index is 1.99. The van der Waals surface area contributed by atoms with Gasteiger partial charge >= 0.3 is 0 Å². The molecule has 0 atom stereocenters. The Labute approximate surface area is 138 Å². The van der Waals surface area contributed by atoms with Gasteiger partial charge in [-0.25, -0.2) is 0 Å². The van der Waals surface area contributed by atoms with Gasteiger partial charge in [-0.1, -0.05) is 0 Å². The third-order valence-corrected chi connectivity index (χ3v) is 4.16. The third-order valence-electron chi connectivity index (χ3n) is 4.16. The van der Waals surface area contributed by atoms with Gasteiger partial charge in [0.05, 0.1) is 20.8 Å². The first-order chi connectivity index (χ1) is 11.0. The highest BCUT2D eigenvalue weighted by Crippen LogP contribution is 2.30. The first-order valence-corrected chi connectivity index (χ1v) is 7.93. The second-order valence-corrected chi connectivity index (χ2v) is 5.94. The van der Waals surface area contributed by atoms with E-state index >= 15 is 0 Å². The van der Waals surface area contributed by atoms with Crippen LogP contribution in [0.4, 0.5) is 0 Å². The summed E-state index contributed by atoms with van der Waals surface area (Å²) in [6.07, 6.45) is 0. The molecule has 0 spiro atoms. The molecule has 1 aliphatic rings. The summed E-state index contributed by atoms with van der Waals surface area (Å²) >= 11 is 0. The number of methoxy groups -OCH3 is 2. The number of hydrogen-bond acceptors (Lipinski definition) is 5. The lowest BCUT2D eigenvalue weighted by Crippen LogP contribution is -2.49. The van der Waals surface area contributed by atoms with Crippen LogP contribution in [0.3, 0.4) is 0 Å². The van der Waals surface area contributed by atoms with Crippen molar-refractivity contribution in [2.24, 2.45) is 0 Å². The molecule has 1 aliphatic heterocycles. The first kappa shape index (κ1) is 17.6. The van der Waals surface area contributed by atoms with Crippen LogP contribution in [0.15, 0.2) is 12.1 Å². The van der Waals surface area contributed by atoms with Crippen molar-refractivity contribution in [3.05, 3.63) is 23.3 Å². The molecule has 0 bridgehead atoms. The van der Waals surface area contributed by atoms with E-state index in [-0.39, 0.29) is 5.91 Å². The van der Waals surface area contributed by atoms with E-state index in [0.717, 1.165) is 48.8 Å². The van der Waals surface area contributed by atoms with Gasteiger partial charge in [0, 0.05) is 32.7 Å². The molecule has 2 rings (SSSR count). The van der Waals surface area contributed by atoms with Gasteiger partial charge < -0.3 is 19.7 Å². The molecule has 23 heavy (non-hydrogen) atoms. The molecular weight excluding hydrogens is 294 g/mol. The summed E-state index contributed by atoms with van der Waals surface area (Å²) in [4.78, 5) is 16.3. The zero-order valence-corrected chi connectivity index (χ0v) is 14.5. The number of hydrogen-bond donors (Lipinski definition) is 1. The van der Waals surface area contributed by atoms with Crippen LogP contribution in [-0.4, -0.2) is 69.7 Å². The van der Waals surface area contributed by atoms with E-state index in [1.165, 1.54) is 0 Å². The highest BCUT2D eigenvalue weighted by atomic mass is 16.5. The van der Waals surface area contributed by atoms with Crippen molar-refractivity contribution in [2.75, 3.05) is 54.0 Å². The summed E-state index contributed by atoms with van der Waals surface area (Å²) in [5, 5.41) is 3.26. The normalized spacial score (nSPS) is 14.9. The van der Waals surface area contributed by atoms with E-state index in [9.17, 15) is 4.79 Å². The maximum atomic E-state index is 12.3. The Kier molecular flexibility index (Phi) is 6.24. The maximum Gasteiger partial charge on any atom is 0.236 e. The van der Waals surface area contributed by atoms with Gasteiger partial charge in [-0.3, -0.25) is 9.69 Å². The number of amides is 1. The predicted molar refractivity (Wildman–Crippen MR) is 90.1 cm³/mol. The number of carbonyl (C=O) groups is 1. The number of carbonyl (C=O) groups excluding carboxylic acids is 1. The second-order valence-electron chi connectivity index (χ2n) is 5.94. The molecule has 6 heteroatoms. The largest absolute Gasteiger partial charge is 0.493 e. The van der Waals surface area contributed by atoms with Crippen LogP contribution in [0.25, 0.3) is 0 Å². The minimum absolute atomic E-state index is 0.187. The van der Waals surface area contributed by atoms with E-state index < -0.39 is 0 Å². The standard InChI is InChI=1S/C17H27N3O3/c1-13-9-15(22-3)16(23-4)10-14(13)11-19(2)12-17(21)20-7-5-18-6-8-20/h9-10,18H,5-8,11-12H2,1-4H3. The lowest BCUT2D eigenvalue weighted by atomic mass is 10.1. The van der Waals surface area contributed by atoms with Gasteiger partial charge in [0.15, 0.2) is 11.5 Å². The molecule has 1 fully saturated rings. The lowest BCUT2D eigenvalue weighted by Gasteiger charge is -2.29. The summed E-state index contributed by atoms with van der Waals surface area (Å²) in [7, 11) is 5.24. The van der Waals surface area contributed by atoms with Crippen molar-refractivity contribution in [1.82, 2.24) is 15.1 Å². The van der Waals surface area contributed by atoms with Crippen LogP contribution >= 0.6 is 0 Å². The summed E-state index contributed by atoms with van der Waals surface area (Å²) in [6.45, 7) is 6.51. The van der Waals surface area contributed by atoms with Crippen molar-refractivity contribution < 1.29 is 14.3 Å². The molecule has 0 aromatic heterocycles. The molecular formula is C17H27N3O3. The van der Waals surface area contributed by atoms with E-state index in [0.29, 0.717) is 13.1 Å². The lowest BCUT2D eigenvalue weighted by molar-refractivity contribution is -0.132. The fourth-order valence-electron chi connectivity index (χ4n) is 2.78. The number of ether oxygens (including phenoxy) is 2. The van der Waals surface area contributed by atoms with Crippen LogP contribution < -0.4 is 14.8 Å². The van der Waals surface area contributed by atoms with Crippen molar-refractivity contribution in [3.63, 3.8) is 0 Å². The van der Waals surface area contributed by atoms with E-state index in [4.69, 9.17) is 9.47 Å². The topological polar surface area (TPSA) is 54.0 Å². The summed E-state index contributed by atoms with van der Waals surface area (Å²) < 4.78 is 10.7. The number of nitrogens with one attached hydrogen (secondary N) is 1. The zero-order chi connectivity index (χ0) is 16.8. The molecule has 0 aliphatic carbocycles. The number of rotatable bonds is 6. The first-order valence-electron chi connectivity index (χ1n) is 7.93. The Morgan fingerprint density at radius 1 is 1.22 bits per heavy atom. The fourth-order valence-corrected chi connectivity index (χ4v) is 2.78. The van der Waals surface area contributed by atoms with Gasteiger partial charge in [-0.05, 0) is 37.2 Å². The van der Waals surface area contributed by atoms with Crippen molar-refractivity contribution in [2.45, 2.75) is 13.5 Å². The maximum absolute atomic E-state index is 12.3.